The van der Waals surface area contributed by atoms with Gasteiger partial charge in [-0.25, -0.2) is 10.6 Å². The van der Waals surface area contributed by atoms with Crippen molar-refractivity contribution in [1.29, 1.82) is 0 Å². The van der Waals surface area contributed by atoms with Gasteiger partial charge >= 0.3 is 6.09 Å². The normalized spacial score (nSPS) is 12.3. The number of aromatic nitrogens is 2. The lowest BCUT2D eigenvalue weighted by molar-refractivity contribution is -0.130. The lowest BCUT2D eigenvalue weighted by atomic mass is 9.91. The second kappa shape index (κ2) is 8.86. The number of imide groups is 1. The molecule has 1 aromatic heterocycles. The molecule has 0 radical (unpaired) electrons. The van der Waals surface area contributed by atoms with E-state index in [0.29, 0.717) is 16.8 Å². The number of nitrogens with zero attached hydrogens (tertiary/aromatic N) is 3. The van der Waals surface area contributed by atoms with E-state index in [0.717, 1.165) is 11.8 Å². The number of carbonyl (C=O) groups excluding carboxylic acids is 2. The second-order valence-electron chi connectivity index (χ2n) is 6.01. The van der Waals surface area contributed by atoms with Crippen molar-refractivity contribution in [3.63, 3.8) is 0 Å². The number of hydrogen-bond donors (Lipinski definition) is 1. The maximum absolute atomic E-state index is 12.7. The minimum absolute atomic E-state index is 0.114. The largest absolute Gasteiger partial charge is 0.481 e. The van der Waals surface area contributed by atoms with E-state index in [2.05, 4.69) is 9.97 Å². The lowest BCUT2D eigenvalue weighted by Gasteiger charge is -2.30. The minimum atomic E-state index is -0.911. The number of rotatable bonds is 6. The molecule has 1 rings (SSSR count). The predicted octanol–water partition coefficient (Wildman–Crippen LogP) is 1.86. The van der Waals surface area contributed by atoms with Gasteiger partial charge in [-0.15, -0.1) is 0 Å². The summed E-state index contributed by atoms with van der Waals surface area (Å²) in [6.45, 7) is 7.28. The van der Waals surface area contributed by atoms with Gasteiger partial charge in [-0.1, -0.05) is 32.5 Å². The molecule has 0 aliphatic rings. The molecule has 0 aliphatic carbocycles. The molecule has 140 valence electrons. The van der Waals surface area contributed by atoms with Crippen molar-refractivity contribution in [2.75, 3.05) is 20.8 Å². The molecular weight excluding hydrogens is 348 g/mol. The zero-order chi connectivity index (χ0) is 19.2. The third-order valence-corrected chi connectivity index (χ3v) is 4.55. The van der Waals surface area contributed by atoms with Crippen molar-refractivity contribution in [2.45, 2.75) is 38.1 Å². The van der Waals surface area contributed by atoms with Gasteiger partial charge in [0, 0.05) is 0 Å². The molecule has 0 fully saturated rings. The monoisotopic (exact) mass is 372 g/mol. The summed E-state index contributed by atoms with van der Waals surface area (Å²) in [5.74, 6) is 5.60. The van der Waals surface area contributed by atoms with Gasteiger partial charge in [0.1, 0.15) is 0 Å². The Morgan fingerprint density at radius 3 is 2.16 bits per heavy atom. The van der Waals surface area contributed by atoms with Gasteiger partial charge in [0.2, 0.25) is 11.8 Å². The summed E-state index contributed by atoms with van der Waals surface area (Å²) in [4.78, 5) is 32.8. The molecule has 9 nitrogen and oxygen atoms in total. The summed E-state index contributed by atoms with van der Waals surface area (Å²) in [7, 11) is 2.93. The van der Waals surface area contributed by atoms with Gasteiger partial charge < -0.3 is 14.2 Å². The van der Waals surface area contributed by atoms with E-state index in [1.54, 1.807) is 6.92 Å². The SMILES string of the molecule is CCOC(=O)N(N)C(=O)C(Sc1nc(OC)cc(OC)n1)C(C)(C)C. The molecule has 1 heterocycles. The Bertz CT molecular complexity index is 598. The first kappa shape index (κ1) is 21.0. The molecule has 25 heavy (non-hydrogen) atoms. The molecular formula is C15H24N4O5S. The van der Waals surface area contributed by atoms with Gasteiger partial charge in [0.05, 0.1) is 32.1 Å². The van der Waals surface area contributed by atoms with Crippen LogP contribution >= 0.6 is 11.8 Å². The van der Waals surface area contributed by atoms with Crippen molar-refractivity contribution >= 4 is 23.8 Å². The van der Waals surface area contributed by atoms with Crippen LogP contribution < -0.4 is 15.3 Å². The Kier molecular flexibility index (Phi) is 7.43. The number of amides is 2. The molecule has 10 heteroatoms. The number of carbonyl (C=O) groups is 2. The average molecular weight is 372 g/mol. The quantitative estimate of drug-likeness (QED) is 0.262. The van der Waals surface area contributed by atoms with E-state index in [-0.39, 0.29) is 11.8 Å². The van der Waals surface area contributed by atoms with Crippen LogP contribution in [0.1, 0.15) is 27.7 Å². The van der Waals surface area contributed by atoms with Crippen molar-refractivity contribution in [3.05, 3.63) is 6.07 Å². The average Bonchev–Trinajstić information content (AvgIpc) is 2.57. The van der Waals surface area contributed by atoms with Gasteiger partial charge in [0.15, 0.2) is 5.16 Å². The van der Waals surface area contributed by atoms with Crippen molar-refractivity contribution in [1.82, 2.24) is 15.0 Å². The van der Waals surface area contributed by atoms with Crippen molar-refractivity contribution in [2.24, 2.45) is 11.3 Å². The Morgan fingerprint density at radius 1 is 1.24 bits per heavy atom. The molecule has 2 N–H and O–H groups in total. The highest BCUT2D eigenvalue weighted by Crippen LogP contribution is 2.36. The van der Waals surface area contributed by atoms with Crippen LogP contribution in [-0.2, 0) is 9.53 Å². The van der Waals surface area contributed by atoms with Gasteiger partial charge in [-0.2, -0.15) is 15.0 Å². The van der Waals surface area contributed by atoms with E-state index in [9.17, 15) is 9.59 Å². The third kappa shape index (κ3) is 5.75. The van der Waals surface area contributed by atoms with E-state index in [4.69, 9.17) is 20.1 Å². The van der Waals surface area contributed by atoms with E-state index >= 15 is 0 Å². The fraction of sp³-hybridized carbons (Fsp3) is 0.600. The highest BCUT2D eigenvalue weighted by molar-refractivity contribution is 8.00. The Labute approximate surface area is 151 Å². The summed E-state index contributed by atoms with van der Waals surface area (Å²) in [5.41, 5.74) is -0.536. The summed E-state index contributed by atoms with van der Waals surface area (Å²) >= 11 is 1.07. The van der Waals surface area contributed by atoms with Crippen LogP contribution in [0.2, 0.25) is 0 Å². The van der Waals surface area contributed by atoms with Gasteiger partial charge in [-0.05, 0) is 12.3 Å². The van der Waals surface area contributed by atoms with Crippen LogP contribution in [0.4, 0.5) is 4.79 Å². The number of thioether (sulfide) groups is 1. The molecule has 2 amide bonds. The second-order valence-corrected chi connectivity index (χ2v) is 7.08. The number of hydrogen-bond acceptors (Lipinski definition) is 9. The topological polar surface area (TPSA) is 117 Å². The highest BCUT2D eigenvalue weighted by atomic mass is 32.2. The molecule has 0 aromatic carbocycles. The first-order valence-electron chi connectivity index (χ1n) is 7.53. The number of ether oxygens (including phenoxy) is 3. The Hall–Kier alpha value is -2.07. The first-order chi connectivity index (χ1) is 11.6. The summed E-state index contributed by atoms with van der Waals surface area (Å²) in [5, 5.41) is 0.00421. The maximum Gasteiger partial charge on any atom is 0.431 e. The lowest BCUT2D eigenvalue weighted by Crippen LogP contribution is -2.50. The standard InChI is InChI=1S/C15H24N4O5S/c1-7-24-14(21)19(16)12(20)11(15(2,3)4)25-13-17-9(22-5)8-10(18-13)23-6/h8,11H,7,16H2,1-6H3. The summed E-state index contributed by atoms with van der Waals surface area (Å²) in [6.07, 6.45) is -0.911. The Morgan fingerprint density at radius 2 is 1.76 bits per heavy atom. The number of hydrazine groups is 1. The zero-order valence-corrected chi connectivity index (χ0v) is 16.0. The highest BCUT2D eigenvalue weighted by Gasteiger charge is 2.38. The molecule has 0 bridgehead atoms. The van der Waals surface area contributed by atoms with Crippen molar-refractivity contribution < 1.29 is 23.8 Å². The Balaban J connectivity index is 3.13. The van der Waals surface area contributed by atoms with Crippen LogP contribution in [0.15, 0.2) is 11.2 Å². The van der Waals surface area contributed by atoms with Crippen LogP contribution in [0, 0.1) is 5.41 Å². The molecule has 0 spiro atoms. The van der Waals surface area contributed by atoms with Gasteiger partial charge in [0.25, 0.3) is 5.91 Å². The number of methoxy groups -OCH3 is 2. The van der Waals surface area contributed by atoms with E-state index < -0.39 is 22.7 Å². The zero-order valence-electron chi connectivity index (χ0n) is 15.2. The third-order valence-electron chi connectivity index (χ3n) is 3.01. The van der Waals surface area contributed by atoms with Crippen LogP contribution in [0.5, 0.6) is 11.8 Å². The van der Waals surface area contributed by atoms with E-state index in [1.165, 1.54) is 20.3 Å². The van der Waals surface area contributed by atoms with Crippen molar-refractivity contribution in [3.8, 4) is 11.8 Å². The smallest absolute Gasteiger partial charge is 0.431 e. The molecule has 1 atom stereocenters. The predicted molar refractivity (Wildman–Crippen MR) is 92.3 cm³/mol. The molecule has 0 saturated heterocycles. The molecule has 1 aromatic rings. The minimum Gasteiger partial charge on any atom is -0.481 e. The molecule has 0 aliphatic heterocycles. The first-order valence-corrected chi connectivity index (χ1v) is 8.41. The fourth-order valence-corrected chi connectivity index (χ4v) is 2.82. The van der Waals surface area contributed by atoms with E-state index in [1.807, 2.05) is 20.8 Å². The fourth-order valence-electron chi connectivity index (χ4n) is 1.76. The van der Waals surface area contributed by atoms with Crippen LogP contribution in [0.3, 0.4) is 0 Å². The van der Waals surface area contributed by atoms with Crippen LogP contribution in [-0.4, -0.2) is 53.1 Å². The molecule has 1 unspecified atom stereocenters. The summed E-state index contributed by atoms with van der Waals surface area (Å²) < 4.78 is 15.0. The van der Waals surface area contributed by atoms with Gasteiger partial charge in [-0.3, -0.25) is 4.79 Å². The maximum atomic E-state index is 12.7. The molecule has 0 saturated carbocycles. The number of nitrogens with two attached hydrogens (primary N) is 1. The summed E-state index contributed by atoms with van der Waals surface area (Å²) in [6, 6.07) is 1.52. The van der Waals surface area contributed by atoms with Crippen LogP contribution in [0.25, 0.3) is 0 Å².